The van der Waals surface area contributed by atoms with Crippen molar-refractivity contribution in [1.82, 2.24) is 0 Å². The number of terminal acetylenes is 1. The van der Waals surface area contributed by atoms with E-state index in [1.807, 2.05) is 19.4 Å². The molecule has 0 heteroatoms. The summed E-state index contributed by atoms with van der Waals surface area (Å²) < 4.78 is 0. The zero-order chi connectivity index (χ0) is 23.2. The minimum atomic E-state index is 0. The summed E-state index contributed by atoms with van der Waals surface area (Å²) in [5, 5.41) is 0. The fourth-order valence-electron chi connectivity index (χ4n) is 8.37. The first-order chi connectivity index (χ1) is 14.8. The van der Waals surface area contributed by atoms with Crippen LogP contribution in [0.4, 0.5) is 0 Å². The molecule has 3 saturated carbocycles. The largest absolute Gasteiger partial charge is 0.124 e. The lowest BCUT2D eigenvalue weighted by Gasteiger charge is -2.58. The molecule has 3 unspecified atom stereocenters. The summed E-state index contributed by atoms with van der Waals surface area (Å²) in [5.41, 5.74) is 3.10. The van der Waals surface area contributed by atoms with Crippen molar-refractivity contribution in [3.63, 3.8) is 0 Å². The van der Waals surface area contributed by atoms with E-state index in [1.54, 1.807) is 6.42 Å². The van der Waals surface area contributed by atoms with Crippen LogP contribution in [-0.4, -0.2) is 0 Å². The lowest BCUT2D eigenvalue weighted by atomic mass is 9.47. The number of fused-ring (bicyclic) bond motifs is 5. The van der Waals surface area contributed by atoms with E-state index in [0.717, 1.165) is 35.5 Å². The van der Waals surface area contributed by atoms with Crippen LogP contribution in [0.15, 0.2) is 11.6 Å². The Morgan fingerprint density at radius 3 is 2.31 bits per heavy atom. The molecule has 4 rings (SSSR count). The molecule has 0 nitrogen and oxygen atoms in total. The summed E-state index contributed by atoms with van der Waals surface area (Å²) in [6.45, 7) is 16.6. The Kier molecular flexibility index (Phi) is 11.6. The average Bonchev–Trinajstić information content (AvgIpc) is 3.11. The molecule has 0 heterocycles. The fraction of sp³-hybridized carbons (Fsp3) is 0.875. The second-order valence-electron chi connectivity index (χ2n) is 12.1. The lowest BCUT2D eigenvalue weighted by Crippen LogP contribution is -2.49. The summed E-state index contributed by atoms with van der Waals surface area (Å²) in [6, 6.07) is 0. The van der Waals surface area contributed by atoms with Crippen molar-refractivity contribution in [3.8, 4) is 12.8 Å². The van der Waals surface area contributed by atoms with Crippen LogP contribution in [0.25, 0.3) is 0 Å². The van der Waals surface area contributed by atoms with Crippen LogP contribution in [0.2, 0.25) is 0 Å². The van der Waals surface area contributed by atoms with E-state index in [9.17, 15) is 0 Å². The van der Waals surface area contributed by atoms with Crippen molar-refractivity contribution in [1.29, 1.82) is 0 Å². The van der Waals surface area contributed by atoms with Gasteiger partial charge in [-0.3, -0.25) is 0 Å². The molecule has 0 saturated heterocycles. The van der Waals surface area contributed by atoms with Gasteiger partial charge in [0.1, 0.15) is 0 Å². The van der Waals surface area contributed by atoms with Gasteiger partial charge in [-0.2, -0.15) is 0 Å². The van der Waals surface area contributed by atoms with E-state index in [0.29, 0.717) is 10.8 Å². The van der Waals surface area contributed by atoms with Gasteiger partial charge in [-0.1, -0.05) is 86.8 Å². The topological polar surface area (TPSA) is 0 Å². The van der Waals surface area contributed by atoms with E-state index >= 15 is 0 Å². The summed E-state index contributed by atoms with van der Waals surface area (Å²) in [5.74, 6) is 5.88. The highest BCUT2D eigenvalue weighted by atomic mass is 14.6. The fourth-order valence-corrected chi connectivity index (χ4v) is 8.37. The highest BCUT2D eigenvalue weighted by Gasteiger charge is 2.58. The van der Waals surface area contributed by atoms with Crippen LogP contribution in [-0.2, 0) is 0 Å². The van der Waals surface area contributed by atoms with Crippen LogP contribution < -0.4 is 0 Å². The Labute approximate surface area is 203 Å². The van der Waals surface area contributed by atoms with Crippen molar-refractivity contribution in [2.24, 2.45) is 46.3 Å². The van der Waals surface area contributed by atoms with E-state index < -0.39 is 0 Å². The maximum Gasteiger partial charge on any atom is -0.00851 e. The minimum Gasteiger partial charge on any atom is -0.124 e. The zero-order valence-electron chi connectivity index (χ0n) is 22.2. The minimum absolute atomic E-state index is 0. The van der Waals surface area contributed by atoms with E-state index in [-0.39, 0.29) is 7.43 Å². The van der Waals surface area contributed by atoms with Crippen LogP contribution >= 0.6 is 0 Å². The SMILES string of the molecule is C.C#C.CC.CC(C)CCCC[C@H]1CCC2C3CC=C4C[C@@H](C)CC[C@]4(C)C3CC[C@@]21C. The van der Waals surface area contributed by atoms with Gasteiger partial charge in [0, 0.05) is 0 Å². The number of unbranched alkanes of at least 4 members (excludes halogenated alkanes) is 1. The van der Waals surface area contributed by atoms with E-state index in [2.05, 4.69) is 53.5 Å². The second-order valence-corrected chi connectivity index (χ2v) is 12.1. The van der Waals surface area contributed by atoms with Crippen LogP contribution in [0, 0.1) is 59.2 Å². The molecular formula is C32H58. The van der Waals surface area contributed by atoms with Gasteiger partial charge in [0.2, 0.25) is 0 Å². The third kappa shape index (κ3) is 5.68. The third-order valence-corrected chi connectivity index (χ3v) is 10.1. The monoisotopic (exact) mass is 442 g/mol. The van der Waals surface area contributed by atoms with Crippen LogP contribution in [0.5, 0.6) is 0 Å². The molecular weight excluding hydrogens is 384 g/mol. The normalized spacial score (nSPS) is 39.6. The molecule has 3 fully saturated rings. The second kappa shape index (κ2) is 12.7. The van der Waals surface area contributed by atoms with Gasteiger partial charge >= 0.3 is 0 Å². The Morgan fingerprint density at radius 2 is 1.66 bits per heavy atom. The standard InChI is InChI=1S/C27H46.C2H6.C2H2.CH4/c1-19(2)8-6-7-9-21-11-13-24-23-12-10-22-18-20(3)14-16-27(22,5)25(23)15-17-26(21,24)4;2*1-2;/h10,19-21,23-25H,6-9,11-18H2,1-5H3;1-2H3;1-2H;1H4/t20-,21-,23?,24?,25?,26+,27-;;;/m0.../s1. The quantitative estimate of drug-likeness (QED) is 0.225. The van der Waals surface area contributed by atoms with Crippen LogP contribution in [0.1, 0.15) is 133 Å². The maximum atomic E-state index is 4.00. The molecule has 4 aliphatic rings. The molecule has 186 valence electrons. The molecule has 0 radical (unpaired) electrons. The Balaban J connectivity index is 0.000000971. The Bertz CT molecular complexity index is 594. The first-order valence-electron chi connectivity index (χ1n) is 13.9. The predicted molar refractivity (Wildman–Crippen MR) is 146 cm³/mol. The Hall–Kier alpha value is -0.700. The molecule has 4 aliphatic carbocycles. The van der Waals surface area contributed by atoms with Crippen molar-refractivity contribution in [2.75, 3.05) is 0 Å². The number of hydrogen-bond acceptors (Lipinski definition) is 0. The van der Waals surface area contributed by atoms with E-state index in [4.69, 9.17) is 0 Å². The summed E-state index contributed by atoms with van der Waals surface area (Å²) in [7, 11) is 0. The predicted octanol–water partition coefficient (Wildman–Crippen LogP) is 10.3. The first-order valence-corrected chi connectivity index (χ1v) is 13.9. The number of hydrogen-bond donors (Lipinski definition) is 0. The molecule has 32 heavy (non-hydrogen) atoms. The highest BCUT2D eigenvalue weighted by Crippen LogP contribution is 2.67. The molecule has 0 aromatic carbocycles. The van der Waals surface area contributed by atoms with Gasteiger partial charge in [0.25, 0.3) is 0 Å². The van der Waals surface area contributed by atoms with Gasteiger partial charge < -0.3 is 0 Å². The van der Waals surface area contributed by atoms with Crippen molar-refractivity contribution < 1.29 is 0 Å². The first kappa shape index (κ1) is 29.3. The molecule has 0 amide bonds. The summed E-state index contributed by atoms with van der Waals surface area (Å²) >= 11 is 0. The van der Waals surface area contributed by atoms with Crippen molar-refractivity contribution >= 4 is 0 Å². The number of rotatable bonds is 5. The van der Waals surface area contributed by atoms with Crippen molar-refractivity contribution in [3.05, 3.63) is 11.6 Å². The molecule has 0 aliphatic heterocycles. The Morgan fingerprint density at radius 1 is 0.969 bits per heavy atom. The zero-order valence-corrected chi connectivity index (χ0v) is 22.2. The molecule has 0 N–H and O–H groups in total. The van der Waals surface area contributed by atoms with Gasteiger partial charge in [0.15, 0.2) is 0 Å². The lowest BCUT2D eigenvalue weighted by molar-refractivity contribution is -0.0450. The smallest absolute Gasteiger partial charge is 0.00851 e. The van der Waals surface area contributed by atoms with Gasteiger partial charge in [-0.25, -0.2) is 0 Å². The van der Waals surface area contributed by atoms with Gasteiger partial charge in [0.05, 0.1) is 0 Å². The molecule has 0 bridgehead atoms. The summed E-state index contributed by atoms with van der Waals surface area (Å²) in [4.78, 5) is 0. The van der Waals surface area contributed by atoms with E-state index in [1.165, 1.54) is 70.6 Å². The maximum absolute atomic E-state index is 4.00. The third-order valence-electron chi connectivity index (χ3n) is 10.1. The average molecular weight is 443 g/mol. The molecule has 0 aromatic heterocycles. The van der Waals surface area contributed by atoms with Gasteiger partial charge in [-0.05, 0) is 104 Å². The molecule has 0 aromatic rings. The number of allylic oxidation sites excluding steroid dienone is 2. The molecule has 0 spiro atoms. The summed E-state index contributed by atoms with van der Waals surface area (Å²) in [6.07, 6.45) is 28.6. The molecule has 7 atom stereocenters. The van der Waals surface area contributed by atoms with Gasteiger partial charge in [-0.15, -0.1) is 12.8 Å². The van der Waals surface area contributed by atoms with Crippen LogP contribution in [0.3, 0.4) is 0 Å². The van der Waals surface area contributed by atoms with Crippen molar-refractivity contribution in [2.45, 2.75) is 133 Å². The highest BCUT2D eigenvalue weighted by molar-refractivity contribution is 5.24.